The normalized spacial score (nSPS) is 17.6. The molecule has 0 aromatic heterocycles. The highest BCUT2D eigenvalue weighted by Crippen LogP contribution is 2.34. The number of benzene rings is 1. The number of fused-ring (bicyclic) bond motifs is 1. The highest BCUT2D eigenvalue weighted by molar-refractivity contribution is 6.02. The number of nitrogens with zero attached hydrogens (tertiary/aromatic N) is 1. The van der Waals surface area contributed by atoms with E-state index in [4.69, 9.17) is 0 Å². The van der Waals surface area contributed by atoms with Gasteiger partial charge in [0.25, 0.3) is 5.91 Å². The fraction of sp³-hybridized carbons (Fsp3) is 0.562. The van der Waals surface area contributed by atoms with Crippen LogP contribution in [0.2, 0.25) is 0 Å². The zero-order valence-corrected chi connectivity index (χ0v) is 12.7. The summed E-state index contributed by atoms with van der Waals surface area (Å²) < 4.78 is 0. The number of hydrogen-bond donors (Lipinski definition) is 2. The van der Waals surface area contributed by atoms with Gasteiger partial charge >= 0.3 is 0 Å². The average molecular weight is 276 g/mol. The molecule has 1 aromatic rings. The molecule has 1 atom stereocenters. The van der Waals surface area contributed by atoms with Gasteiger partial charge in [0.15, 0.2) is 6.10 Å². The van der Waals surface area contributed by atoms with Crippen LogP contribution in [0.25, 0.3) is 0 Å². The Morgan fingerprint density at radius 2 is 1.80 bits per heavy atom. The molecule has 0 saturated heterocycles. The Kier molecular flexibility index (Phi) is 4.33. The lowest BCUT2D eigenvalue weighted by molar-refractivity contribution is -0.123. The third-order valence-corrected chi connectivity index (χ3v) is 3.37. The molecular formula is C16H24N2O2. The van der Waals surface area contributed by atoms with E-state index in [1.165, 1.54) is 0 Å². The lowest BCUT2D eigenvalue weighted by Crippen LogP contribution is -2.31. The first-order valence-corrected chi connectivity index (χ1v) is 7.26. The van der Waals surface area contributed by atoms with Crippen molar-refractivity contribution in [2.75, 3.05) is 23.3 Å². The summed E-state index contributed by atoms with van der Waals surface area (Å²) in [6, 6.07) is 5.81. The van der Waals surface area contributed by atoms with Crippen LogP contribution in [-0.2, 0) is 4.79 Å². The first kappa shape index (κ1) is 14.9. The van der Waals surface area contributed by atoms with Crippen molar-refractivity contribution in [2.45, 2.75) is 33.8 Å². The maximum atomic E-state index is 11.5. The van der Waals surface area contributed by atoms with Crippen LogP contribution < -0.4 is 10.2 Å². The van der Waals surface area contributed by atoms with Gasteiger partial charge in [0.05, 0.1) is 0 Å². The number of carbonyl (C=O) groups excluding carboxylic acids is 1. The van der Waals surface area contributed by atoms with Crippen molar-refractivity contribution in [1.82, 2.24) is 0 Å². The fourth-order valence-electron chi connectivity index (χ4n) is 2.60. The number of nitrogens with one attached hydrogen (secondary N) is 1. The largest absolute Gasteiger partial charge is 0.378 e. The third-order valence-electron chi connectivity index (χ3n) is 3.37. The number of hydrogen-bond acceptors (Lipinski definition) is 3. The molecule has 0 saturated carbocycles. The summed E-state index contributed by atoms with van der Waals surface area (Å²) in [5.74, 6) is 0.806. The number of rotatable bonds is 5. The van der Waals surface area contributed by atoms with E-state index in [1.807, 2.05) is 18.2 Å². The van der Waals surface area contributed by atoms with Crippen molar-refractivity contribution in [3.8, 4) is 0 Å². The molecule has 1 heterocycles. The second-order valence-electron chi connectivity index (χ2n) is 6.36. The van der Waals surface area contributed by atoms with Gasteiger partial charge in [-0.2, -0.15) is 0 Å². The lowest BCUT2D eigenvalue weighted by Gasteiger charge is -2.29. The van der Waals surface area contributed by atoms with E-state index in [9.17, 15) is 9.90 Å². The van der Waals surface area contributed by atoms with Crippen molar-refractivity contribution >= 4 is 17.3 Å². The van der Waals surface area contributed by atoms with Crippen LogP contribution in [0.15, 0.2) is 18.2 Å². The van der Waals surface area contributed by atoms with Gasteiger partial charge < -0.3 is 15.3 Å². The monoisotopic (exact) mass is 276 g/mol. The zero-order valence-electron chi connectivity index (χ0n) is 12.7. The second-order valence-corrected chi connectivity index (χ2v) is 6.36. The molecule has 20 heavy (non-hydrogen) atoms. The Balaban J connectivity index is 2.26. The SMILES string of the molecule is CC(C)CN(CC(C)C)c1ccc2c(c1)NC(=O)C2O. The molecule has 4 nitrogen and oxygen atoms in total. The Morgan fingerprint density at radius 3 is 2.35 bits per heavy atom. The Bertz CT molecular complexity index is 487. The molecular weight excluding hydrogens is 252 g/mol. The van der Waals surface area contributed by atoms with Gasteiger partial charge in [0.1, 0.15) is 0 Å². The van der Waals surface area contributed by atoms with Crippen molar-refractivity contribution in [2.24, 2.45) is 11.8 Å². The van der Waals surface area contributed by atoms with Gasteiger partial charge in [-0.3, -0.25) is 4.79 Å². The molecule has 1 aromatic carbocycles. The van der Waals surface area contributed by atoms with E-state index < -0.39 is 6.10 Å². The minimum Gasteiger partial charge on any atom is -0.378 e. The van der Waals surface area contributed by atoms with E-state index in [-0.39, 0.29) is 5.91 Å². The number of carbonyl (C=O) groups is 1. The molecule has 0 fully saturated rings. The summed E-state index contributed by atoms with van der Waals surface area (Å²) in [6.07, 6.45) is -1.03. The first-order valence-electron chi connectivity index (χ1n) is 7.26. The highest BCUT2D eigenvalue weighted by atomic mass is 16.3. The molecule has 0 radical (unpaired) electrons. The first-order chi connectivity index (χ1) is 9.38. The number of aliphatic hydroxyl groups is 1. The Labute approximate surface area is 120 Å². The maximum absolute atomic E-state index is 11.5. The van der Waals surface area contributed by atoms with Crippen LogP contribution in [0.1, 0.15) is 39.4 Å². The maximum Gasteiger partial charge on any atom is 0.257 e. The van der Waals surface area contributed by atoms with Gasteiger partial charge in [0.2, 0.25) is 0 Å². The smallest absolute Gasteiger partial charge is 0.257 e. The minimum atomic E-state index is -1.03. The van der Waals surface area contributed by atoms with E-state index >= 15 is 0 Å². The molecule has 1 unspecified atom stereocenters. The number of anilines is 2. The van der Waals surface area contributed by atoms with Crippen molar-refractivity contribution in [3.05, 3.63) is 23.8 Å². The third kappa shape index (κ3) is 3.12. The van der Waals surface area contributed by atoms with Crippen molar-refractivity contribution < 1.29 is 9.90 Å². The van der Waals surface area contributed by atoms with Gasteiger partial charge in [-0.05, 0) is 24.0 Å². The summed E-state index contributed by atoms with van der Waals surface area (Å²) in [5.41, 5.74) is 2.51. The molecule has 2 rings (SSSR count). The van der Waals surface area contributed by atoms with Crippen LogP contribution in [0.4, 0.5) is 11.4 Å². The predicted molar refractivity (Wildman–Crippen MR) is 81.9 cm³/mol. The van der Waals surface area contributed by atoms with Gasteiger partial charge in [-0.25, -0.2) is 0 Å². The second kappa shape index (κ2) is 5.83. The fourth-order valence-corrected chi connectivity index (χ4v) is 2.60. The molecule has 0 bridgehead atoms. The van der Waals surface area contributed by atoms with Crippen LogP contribution >= 0.6 is 0 Å². The topological polar surface area (TPSA) is 52.6 Å². The summed E-state index contributed by atoms with van der Waals surface area (Å²) in [5, 5.41) is 12.5. The summed E-state index contributed by atoms with van der Waals surface area (Å²) >= 11 is 0. The Morgan fingerprint density at radius 1 is 1.20 bits per heavy atom. The average Bonchev–Trinajstić information content (AvgIpc) is 2.62. The van der Waals surface area contributed by atoms with Crippen LogP contribution in [0.5, 0.6) is 0 Å². The van der Waals surface area contributed by atoms with Crippen LogP contribution in [-0.4, -0.2) is 24.1 Å². The quantitative estimate of drug-likeness (QED) is 0.869. The molecule has 0 spiro atoms. The molecule has 2 N–H and O–H groups in total. The predicted octanol–water partition coefficient (Wildman–Crippen LogP) is 2.79. The molecule has 4 heteroatoms. The summed E-state index contributed by atoms with van der Waals surface area (Å²) in [7, 11) is 0. The van der Waals surface area contributed by atoms with Crippen molar-refractivity contribution in [3.63, 3.8) is 0 Å². The van der Waals surface area contributed by atoms with Crippen LogP contribution in [0, 0.1) is 11.8 Å². The summed E-state index contributed by atoms with van der Waals surface area (Å²) in [6.45, 7) is 10.8. The molecule has 1 aliphatic heterocycles. The van der Waals surface area contributed by atoms with Gasteiger partial charge in [-0.15, -0.1) is 0 Å². The zero-order chi connectivity index (χ0) is 14.9. The molecule has 1 amide bonds. The van der Waals surface area contributed by atoms with E-state index in [1.54, 1.807) is 0 Å². The van der Waals surface area contributed by atoms with Crippen LogP contribution in [0.3, 0.4) is 0 Å². The van der Waals surface area contributed by atoms with Gasteiger partial charge in [0, 0.05) is 30.0 Å². The van der Waals surface area contributed by atoms with Crippen molar-refractivity contribution in [1.29, 1.82) is 0 Å². The van der Waals surface area contributed by atoms with E-state index in [2.05, 4.69) is 37.9 Å². The van der Waals surface area contributed by atoms with Gasteiger partial charge in [-0.1, -0.05) is 33.8 Å². The number of amides is 1. The Hall–Kier alpha value is -1.55. The summed E-state index contributed by atoms with van der Waals surface area (Å²) in [4.78, 5) is 13.8. The lowest BCUT2D eigenvalue weighted by atomic mass is 10.1. The molecule has 110 valence electrons. The molecule has 1 aliphatic rings. The standard InChI is InChI=1S/C16H24N2O2/c1-10(2)8-18(9-11(3)4)12-5-6-13-14(7-12)17-16(20)15(13)19/h5-7,10-11,15,19H,8-9H2,1-4H3,(H,17,20). The minimum absolute atomic E-state index is 0.337. The van der Waals surface area contributed by atoms with E-state index in [0.29, 0.717) is 17.4 Å². The molecule has 0 aliphatic carbocycles. The van der Waals surface area contributed by atoms with E-state index in [0.717, 1.165) is 24.5 Å². The number of aliphatic hydroxyl groups excluding tert-OH is 1. The highest BCUT2D eigenvalue weighted by Gasteiger charge is 2.28.